The highest BCUT2D eigenvalue weighted by molar-refractivity contribution is 5.85. The van der Waals surface area contributed by atoms with E-state index in [0.29, 0.717) is 17.3 Å². The minimum atomic E-state index is 0.144. The van der Waals surface area contributed by atoms with Crippen LogP contribution in [0.1, 0.15) is 43.2 Å². The lowest BCUT2D eigenvalue weighted by Gasteiger charge is -2.32. The molecule has 1 aliphatic heterocycles. The Morgan fingerprint density at radius 1 is 1.07 bits per heavy atom. The molecule has 4 heteroatoms. The van der Waals surface area contributed by atoms with Gasteiger partial charge in [-0.25, -0.2) is 0 Å². The summed E-state index contributed by atoms with van der Waals surface area (Å²) in [6, 6.07) is 19.1. The van der Waals surface area contributed by atoms with E-state index in [0.717, 1.165) is 30.5 Å². The molecule has 1 aliphatic rings. The van der Waals surface area contributed by atoms with Gasteiger partial charge in [0.2, 0.25) is 0 Å². The number of pyridine rings is 1. The molecule has 0 saturated carbocycles. The van der Waals surface area contributed by atoms with E-state index >= 15 is 0 Å². The molecule has 1 atom stereocenters. The molecule has 1 aromatic heterocycles. The number of benzene rings is 2. The second-order valence-electron chi connectivity index (χ2n) is 7.99. The van der Waals surface area contributed by atoms with Gasteiger partial charge in [0.25, 0.3) is 0 Å². The molecule has 4 nitrogen and oxygen atoms in total. The van der Waals surface area contributed by atoms with E-state index in [1.807, 2.05) is 18.2 Å². The highest BCUT2D eigenvalue weighted by Gasteiger charge is 2.21. The molecular formula is C25H31N3O. The largest absolute Gasteiger partial charge is 0.505 e. The Morgan fingerprint density at radius 2 is 1.86 bits per heavy atom. The van der Waals surface area contributed by atoms with Crippen LogP contribution >= 0.6 is 0 Å². The lowest BCUT2D eigenvalue weighted by Crippen LogP contribution is -2.42. The number of aromatic nitrogens is 1. The number of hydrogen-bond donors (Lipinski definition) is 2. The first-order valence-corrected chi connectivity index (χ1v) is 10.8. The number of nitrogens with one attached hydrogen (secondary N) is 1. The topological polar surface area (TPSA) is 48.4 Å². The molecule has 3 aromatic rings. The number of phenolic OH excluding ortho intramolecular Hbond substituents is 1. The summed E-state index contributed by atoms with van der Waals surface area (Å²) in [5, 5.41) is 15.7. The van der Waals surface area contributed by atoms with Crippen molar-refractivity contribution in [2.24, 2.45) is 0 Å². The SMILES string of the molecule is CCN1CCC(NCCC(c2ccccc2)c2ccc3cccnc3c2O)CC1. The molecule has 29 heavy (non-hydrogen) atoms. The van der Waals surface area contributed by atoms with Crippen LogP contribution in [-0.2, 0) is 0 Å². The van der Waals surface area contributed by atoms with Gasteiger partial charge in [-0.3, -0.25) is 4.98 Å². The quantitative estimate of drug-likeness (QED) is 0.623. The average molecular weight is 390 g/mol. The smallest absolute Gasteiger partial charge is 0.145 e. The summed E-state index contributed by atoms with van der Waals surface area (Å²) in [5.74, 6) is 0.457. The van der Waals surface area contributed by atoms with Crippen LogP contribution in [0.3, 0.4) is 0 Å². The first-order chi connectivity index (χ1) is 14.3. The molecule has 1 unspecified atom stereocenters. The Balaban J connectivity index is 1.52. The first-order valence-electron chi connectivity index (χ1n) is 10.8. The van der Waals surface area contributed by atoms with E-state index in [1.54, 1.807) is 6.20 Å². The van der Waals surface area contributed by atoms with Crippen molar-refractivity contribution in [3.63, 3.8) is 0 Å². The van der Waals surface area contributed by atoms with Gasteiger partial charge in [0.1, 0.15) is 11.3 Å². The average Bonchev–Trinajstić information content (AvgIpc) is 2.79. The molecule has 0 aliphatic carbocycles. The third-order valence-corrected chi connectivity index (χ3v) is 6.26. The molecule has 152 valence electrons. The molecule has 2 heterocycles. The molecule has 2 N–H and O–H groups in total. The number of piperidine rings is 1. The Hall–Kier alpha value is -2.43. The van der Waals surface area contributed by atoms with Gasteiger partial charge in [-0.2, -0.15) is 0 Å². The zero-order valence-electron chi connectivity index (χ0n) is 17.2. The number of aromatic hydroxyl groups is 1. The second-order valence-corrected chi connectivity index (χ2v) is 7.99. The van der Waals surface area contributed by atoms with E-state index in [1.165, 1.54) is 31.5 Å². The van der Waals surface area contributed by atoms with Crippen LogP contribution in [0.5, 0.6) is 5.75 Å². The monoisotopic (exact) mass is 389 g/mol. The highest BCUT2D eigenvalue weighted by atomic mass is 16.3. The van der Waals surface area contributed by atoms with E-state index < -0.39 is 0 Å². The van der Waals surface area contributed by atoms with E-state index in [-0.39, 0.29) is 5.92 Å². The van der Waals surface area contributed by atoms with Crippen molar-refractivity contribution in [3.8, 4) is 5.75 Å². The van der Waals surface area contributed by atoms with Gasteiger partial charge >= 0.3 is 0 Å². The Labute approximate surface area is 173 Å². The van der Waals surface area contributed by atoms with Gasteiger partial charge in [0.05, 0.1) is 0 Å². The zero-order valence-corrected chi connectivity index (χ0v) is 17.2. The van der Waals surface area contributed by atoms with Crippen molar-refractivity contribution >= 4 is 10.9 Å². The fourth-order valence-electron chi connectivity index (χ4n) is 4.50. The Bertz CT molecular complexity index is 920. The normalized spacial score (nSPS) is 16.9. The summed E-state index contributed by atoms with van der Waals surface area (Å²) in [6.45, 7) is 6.71. The predicted octanol–water partition coefficient (Wildman–Crippen LogP) is 4.54. The maximum atomic E-state index is 11.0. The van der Waals surface area contributed by atoms with Crippen LogP contribution in [0.25, 0.3) is 10.9 Å². The molecular weight excluding hydrogens is 358 g/mol. The van der Waals surface area contributed by atoms with Gasteiger partial charge in [0, 0.05) is 29.1 Å². The van der Waals surface area contributed by atoms with E-state index in [2.05, 4.69) is 58.5 Å². The summed E-state index contributed by atoms with van der Waals surface area (Å²) in [6.07, 6.45) is 5.13. The van der Waals surface area contributed by atoms with Gasteiger partial charge in [-0.15, -0.1) is 0 Å². The maximum absolute atomic E-state index is 11.0. The molecule has 0 bridgehead atoms. The van der Waals surface area contributed by atoms with Crippen LogP contribution in [0.4, 0.5) is 0 Å². The number of fused-ring (bicyclic) bond motifs is 1. The second kappa shape index (κ2) is 9.38. The lowest BCUT2D eigenvalue weighted by molar-refractivity contribution is 0.206. The number of nitrogens with zero attached hydrogens (tertiary/aromatic N) is 2. The molecule has 1 saturated heterocycles. The molecule has 0 amide bonds. The Morgan fingerprint density at radius 3 is 2.62 bits per heavy atom. The third kappa shape index (κ3) is 4.60. The van der Waals surface area contributed by atoms with Crippen molar-refractivity contribution in [3.05, 3.63) is 71.9 Å². The van der Waals surface area contributed by atoms with Crippen LogP contribution in [0, 0.1) is 0 Å². The zero-order chi connectivity index (χ0) is 20.1. The van der Waals surface area contributed by atoms with Crippen LogP contribution in [0.15, 0.2) is 60.8 Å². The molecule has 4 rings (SSSR count). The minimum absolute atomic E-state index is 0.144. The minimum Gasteiger partial charge on any atom is -0.505 e. The predicted molar refractivity (Wildman–Crippen MR) is 119 cm³/mol. The van der Waals surface area contributed by atoms with Crippen molar-refractivity contribution in [1.29, 1.82) is 0 Å². The molecule has 1 fully saturated rings. The highest BCUT2D eigenvalue weighted by Crippen LogP contribution is 2.37. The van der Waals surface area contributed by atoms with Crippen molar-refractivity contribution < 1.29 is 5.11 Å². The van der Waals surface area contributed by atoms with E-state index in [9.17, 15) is 5.11 Å². The van der Waals surface area contributed by atoms with Crippen LogP contribution in [0.2, 0.25) is 0 Å². The fourth-order valence-corrected chi connectivity index (χ4v) is 4.50. The lowest BCUT2D eigenvalue weighted by atomic mass is 9.87. The van der Waals surface area contributed by atoms with Gasteiger partial charge in [-0.05, 0) is 57.1 Å². The standard InChI is InChI=1S/C25H31N3O/c1-2-28-17-13-21(14-18-28)26-16-12-22(19-7-4-3-5-8-19)23-11-10-20-9-6-15-27-24(20)25(23)29/h3-11,15,21-22,26,29H,2,12-14,16-18H2,1H3. The summed E-state index contributed by atoms with van der Waals surface area (Å²) >= 11 is 0. The number of hydrogen-bond acceptors (Lipinski definition) is 4. The summed E-state index contributed by atoms with van der Waals surface area (Å²) in [7, 11) is 0. The van der Waals surface area contributed by atoms with Crippen molar-refractivity contribution in [2.45, 2.75) is 38.1 Å². The molecule has 0 spiro atoms. The molecule has 0 radical (unpaired) electrons. The van der Waals surface area contributed by atoms with Gasteiger partial charge < -0.3 is 15.3 Å². The Kier molecular flexibility index (Phi) is 6.43. The van der Waals surface area contributed by atoms with Gasteiger partial charge in [-0.1, -0.05) is 55.5 Å². The van der Waals surface area contributed by atoms with Crippen LogP contribution in [-0.4, -0.2) is 47.2 Å². The number of likely N-dealkylation sites (tertiary alicyclic amines) is 1. The summed E-state index contributed by atoms with van der Waals surface area (Å²) in [4.78, 5) is 6.93. The maximum Gasteiger partial charge on any atom is 0.145 e. The first kappa shape index (κ1) is 19.9. The number of rotatable bonds is 7. The fraction of sp³-hybridized carbons (Fsp3) is 0.400. The molecule has 2 aromatic carbocycles. The number of phenols is 1. The van der Waals surface area contributed by atoms with Crippen LogP contribution < -0.4 is 5.32 Å². The van der Waals surface area contributed by atoms with E-state index in [4.69, 9.17) is 0 Å². The van der Waals surface area contributed by atoms with Crippen molar-refractivity contribution in [2.75, 3.05) is 26.2 Å². The summed E-state index contributed by atoms with van der Waals surface area (Å²) in [5.41, 5.74) is 2.89. The summed E-state index contributed by atoms with van der Waals surface area (Å²) < 4.78 is 0. The van der Waals surface area contributed by atoms with Crippen molar-refractivity contribution in [1.82, 2.24) is 15.2 Å². The third-order valence-electron chi connectivity index (χ3n) is 6.26. The van der Waals surface area contributed by atoms with Gasteiger partial charge in [0.15, 0.2) is 0 Å².